The summed E-state index contributed by atoms with van der Waals surface area (Å²) in [5, 5.41) is 39.8. The fourth-order valence-corrected chi connectivity index (χ4v) is 1.60. The zero-order valence-corrected chi connectivity index (χ0v) is 8.70. The molecule has 1 rings (SSSR count). The Bertz CT molecular complexity index is 271. The van der Waals surface area contributed by atoms with Crippen LogP contribution in [-0.4, -0.2) is 63.2 Å². The zero-order valence-electron chi connectivity index (χ0n) is 8.70. The van der Waals surface area contributed by atoms with Crippen molar-refractivity contribution >= 4 is 5.91 Å². The molecule has 7 N–H and O–H groups in total. The quantitative estimate of drug-likeness (QED) is 0.270. The second-order valence-corrected chi connectivity index (χ2v) is 3.75. The van der Waals surface area contributed by atoms with Gasteiger partial charge in [0.25, 0.3) is 0 Å². The third kappa shape index (κ3) is 2.48. The normalized spacial score (nSPS) is 44.1. The van der Waals surface area contributed by atoms with Crippen LogP contribution in [0.5, 0.6) is 0 Å². The fourth-order valence-electron chi connectivity index (χ4n) is 1.60. The second-order valence-electron chi connectivity index (χ2n) is 3.75. The molecule has 0 aromatic rings. The van der Waals surface area contributed by atoms with E-state index < -0.39 is 42.8 Å². The van der Waals surface area contributed by atoms with Crippen molar-refractivity contribution in [1.29, 1.82) is 0 Å². The monoisotopic (exact) mass is 236 g/mol. The summed E-state index contributed by atoms with van der Waals surface area (Å²) in [7, 11) is 0. The maximum atomic E-state index is 10.8. The minimum Gasteiger partial charge on any atom is -0.394 e. The van der Waals surface area contributed by atoms with Crippen molar-refractivity contribution in [3.8, 4) is 0 Å². The molecule has 0 aromatic carbocycles. The first-order valence-electron chi connectivity index (χ1n) is 4.72. The van der Waals surface area contributed by atoms with Crippen LogP contribution in [-0.2, 0) is 9.53 Å². The van der Waals surface area contributed by atoms with Gasteiger partial charge in [0.15, 0.2) is 0 Å². The van der Waals surface area contributed by atoms with E-state index in [9.17, 15) is 20.1 Å². The second kappa shape index (κ2) is 4.62. The highest BCUT2D eigenvalue weighted by Crippen LogP contribution is 2.24. The van der Waals surface area contributed by atoms with Gasteiger partial charge in [0.05, 0.1) is 6.61 Å². The smallest absolute Gasteiger partial charge is 0.246 e. The molecule has 0 bridgehead atoms. The van der Waals surface area contributed by atoms with E-state index in [1.54, 1.807) is 0 Å². The van der Waals surface area contributed by atoms with Crippen molar-refractivity contribution in [2.45, 2.75) is 37.2 Å². The number of nitrogens with one attached hydrogen (secondary N) is 1. The SMILES string of the molecule is CC(=O)N[C@@H]1[C@@H](O)[C@H](O)[C@@H](CO)O[C@@]1(N)O. The molecule has 8 nitrogen and oxygen atoms in total. The van der Waals surface area contributed by atoms with Crippen molar-refractivity contribution in [3.05, 3.63) is 0 Å². The van der Waals surface area contributed by atoms with Gasteiger partial charge in [-0.1, -0.05) is 0 Å². The van der Waals surface area contributed by atoms with Crippen LogP contribution < -0.4 is 11.1 Å². The van der Waals surface area contributed by atoms with Crippen molar-refractivity contribution in [2.24, 2.45) is 5.73 Å². The molecule has 0 aromatic heterocycles. The van der Waals surface area contributed by atoms with Crippen LogP contribution in [0.1, 0.15) is 6.92 Å². The molecular formula is C8H16N2O6. The summed E-state index contributed by atoms with van der Waals surface area (Å²) in [5.41, 5.74) is 5.33. The Kier molecular flexibility index (Phi) is 3.84. The third-order valence-corrected chi connectivity index (χ3v) is 2.40. The molecule has 0 aliphatic carbocycles. The molecule has 16 heavy (non-hydrogen) atoms. The highest BCUT2D eigenvalue weighted by atomic mass is 16.7. The van der Waals surface area contributed by atoms with Crippen LogP contribution in [0.3, 0.4) is 0 Å². The van der Waals surface area contributed by atoms with E-state index in [1.165, 1.54) is 0 Å². The highest BCUT2D eigenvalue weighted by molar-refractivity contribution is 5.73. The van der Waals surface area contributed by atoms with Gasteiger partial charge in [-0.2, -0.15) is 0 Å². The van der Waals surface area contributed by atoms with Gasteiger partial charge in [0.2, 0.25) is 11.8 Å². The first kappa shape index (κ1) is 13.3. The maximum absolute atomic E-state index is 10.8. The van der Waals surface area contributed by atoms with Gasteiger partial charge in [0, 0.05) is 6.92 Å². The minimum atomic E-state index is -2.35. The Labute approximate surface area is 91.6 Å². The molecule has 5 atom stereocenters. The molecule has 1 aliphatic heterocycles. The number of hydrogen-bond acceptors (Lipinski definition) is 7. The van der Waals surface area contributed by atoms with Gasteiger partial charge in [0.1, 0.15) is 24.4 Å². The van der Waals surface area contributed by atoms with Crippen LogP contribution in [0.15, 0.2) is 0 Å². The van der Waals surface area contributed by atoms with Crippen LogP contribution in [0.4, 0.5) is 0 Å². The zero-order chi connectivity index (χ0) is 12.5. The molecular weight excluding hydrogens is 220 g/mol. The summed E-state index contributed by atoms with van der Waals surface area (Å²) in [6, 6.07) is -1.37. The fraction of sp³-hybridized carbons (Fsp3) is 0.875. The van der Waals surface area contributed by atoms with Crippen molar-refractivity contribution in [3.63, 3.8) is 0 Å². The molecule has 1 heterocycles. The lowest BCUT2D eigenvalue weighted by Crippen LogP contribution is -2.73. The summed E-state index contributed by atoms with van der Waals surface area (Å²) >= 11 is 0. The summed E-state index contributed by atoms with van der Waals surface area (Å²) in [4.78, 5) is 10.8. The van der Waals surface area contributed by atoms with Gasteiger partial charge in [-0.05, 0) is 0 Å². The van der Waals surface area contributed by atoms with Crippen LogP contribution in [0.25, 0.3) is 0 Å². The van der Waals surface area contributed by atoms with Gasteiger partial charge in [-0.3, -0.25) is 10.5 Å². The molecule has 0 saturated carbocycles. The number of carbonyl (C=O) groups excluding carboxylic acids is 1. The predicted molar refractivity (Wildman–Crippen MR) is 50.7 cm³/mol. The van der Waals surface area contributed by atoms with Gasteiger partial charge >= 0.3 is 0 Å². The molecule has 94 valence electrons. The molecule has 1 amide bonds. The number of nitrogens with two attached hydrogens (primary N) is 1. The number of ether oxygens (including phenoxy) is 1. The van der Waals surface area contributed by atoms with Crippen molar-refractivity contribution in [1.82, 2.24) is 5.32 Å². The lowest BCUT2D eigenvalue weighted by Gasteiger charge is -2.45. The van der Waals surface area contributed by atoms with E-state index in [0.29, 0.717) is 0 Å². The Morgan fingerprint density at radius 1 is 1.50 bits per heavy atom. The first-order chi connectivity index (χ1) is 7.29. The molecule has 0 radical (unpaired) electrons. The topological polar surface area (TPSA) is 145 Å². The van der Waals surface area contributed by atoms with E-state index in [0.717, 1.165) is 6.92 Å². The van der Waals surface area contributed by atoms with Gasteiger partial charge < -0.3 is 30.5 Å². The number of hydrogen-bond donors (Lipinski definition) is 6. The largest absolute Gasteiger partial charge is 0.394 e. The number of rotatable bonds is 2. The van der Waals surface area contributed by atoms with E-state index >= 15 is 0 Å². The molecule has 0 unspecified atom stereocenters. The first-order valence-corrected chi connectivity index (χ1v) is 4.72. The molecule has 1 aliphatic rings. The van der Waals surface area contributed by atoms with Gasteiger partial charge in [-0.25, -0.2) is 0 Å². The average molecular weight is 236 g/mol. The Balaban J connectivity index is 2.87. The van der Waals surface area contributed by atoms with E-state index in [1.807, 2.05) is 0 Å². The highest BCUT2D eigenvalue weighted by Gasteiger charge is 2.51. The number of aliphatic hydroxyl groups is 4. The number of aliphatic hydroxyl groups excluding tert-OH is 3. The lowest BCUT2D eigenvalue weighted by molar-refractivity contribution is -0.315. The lowest BCUT2D eigenvalue weighted by atomic mass is 9.94. The Hall–Kier alpha value is -0.770. The van der Waals surface area contributed by atoms with Gasteiger partial charge in [-0.15, -0.1) is 0 Å². The van der Waals surface area contributed by atoms with Crippen LogP contribution in [0, 0.1) is 0 Å². The van der Waals surface area contributed by atoms with E-state index in [2.05, 4.69) is 5.32 Å². The summed E-state index contributed by atoms with van der Waals surface area (Å²) in [5.74, 6) is -2.90. The van der Waals surface area contributed by atoms with Crippen molar-refractivity contribution < 1.29 is 30.0 Å². The van der Waals surface area contributed by atoms with Crippen LogP contribution >= 0.6 is 0 Å². The van der Waals surface area contributed by atoms with Crippen LogP contribution in [0.2, 0.25) is 0 Å². The summed E-state index contributed by atoms with van der Waals surface area (Å²) in [6.45, 7) is 0.540. The molecule has 1 fully saturated rings. The maximum Gasteiger partial charge on any atom is 0.246 e. The van der Waals surface area contributed by atoms with E-state index in [4.69, 9.17) is 15.6 Å². The van der Waals surface area contributed by atoms with Crippen molar-refractivity contribution in [2.75, 3.05) is 6.61 Å². The number of carbonyl (C=O) groups is 1. The number of amides is 1. The molecule has 1 saturated heterocycles. The average Bonchev–Trinajstić information content (AvgIpc) is 2.18. The summed E-state index contributed by atoms with van der Waals surface area (Å²) in [6.07, 6.45) is -4.20. The molecule has 8 heteroatoms. The van der Waals surface area contributed by atoms with E-state index in [-0.39, 0.29) is 0 Å². The Morgan fingerprint density at radius 3 is 2.50 bits per heavy atom. The Morgan fingerprint density at radius 2 is 2.06 bits per heavy atom. The summed E-state index contributed by atoms with van der Waals surface area (Å²) < 4.78 is 4.78. The minimum absolute atomic E-state index is 0.550. The molecule has 0 spiro atoms. The standard InChI is InChI=1S/C8H16N2O6/c1-3(12)10-7-6(14)5(13)4(2-11)16-8(7,9)15/h4-7,11,13-15H,2,9H2,1H3,(H,10,12)/t4-,5-,6+,7-,8+/m1/s1. The predicted octanol–water partition coefficient (Wildman–Crippen LogP) is -3.79. The third-order valence-electron chi connectivity index (χ3n) is 2.40.